The summed E-state index contributed by atoms with van der Waals surface area (Å²) in [5, 5.41) is 0. The molecule has 0 spiro atoms. The van der Waals surface area contributed by atoms with Gasteiger partial charge in [0.2, 0.25) is 0 Å². The monoisotopic (exact) mass is 300 g/mol. The molecule has 0 aromatic heterocycles. The van der Waals surface area contributed by atoms with Crippen LogP contribution in [0.3, 0.4) is 0 Å². The van der Waals surface area contributed by atoms with Crippen molar-refractivity contribution >= 4 is 55.8 Å². The molecule has 0 rings (SSSR count). The second-order valence-corrected chi connectivity index (χ2v) is 0. The Bertz CT molecular complexity index is 8.00. The summed E-state index contributed by atoms with van der Waals surface area (Å²) in [6, 6.07) is 0. The summed E-state index contributed by atoms with van der Waals surface area (Å²) >= 11 is 0.750. The van der Waals surface area contributed by atoms with Gasteiger partial charge in [0.15, 0.2) is 0 Å². The molecule has 0 saturated heterocycles. The van der Waals surface area contributed by atoms with Crippen molar-refractivity contribution in [3.63, 3.8) is 0 Å². The van der Waals surface area contributed by atoms with Crippen LogP contribution in [0.25, 0.3) is 0 Å². The Kier molecular flexibility index (Phi) is 73.3. The number of hydrogen-bond acceptors (Lipinski definition) is 1. The Morgan fingerprint density at radius 2 is 1.25 bits per heavy atom. The summed E-state index contributed by atoms with van der Waals surface area (Å²) < 4.78 is 8.25. The molecule has 1 nitrogen and oxygen atoms in total. The van der Waals surface area contributed by atoms with Crippen LogP contribution < -0.4 is 0 Å². The summed E-state index contributed by atoms with van der Waals surface area (Å²) in [4.78, 5) is 0. The van der Waals surface area contributed by atoms with Crippen LogP contribution in [0.1, 0.15) is 0 Å². The van der Waals surface area contributed by atoms with Gasteiger partial charge in [-0.1, -0.05) is 0 Å². The molecule has 0 radical (unpaired) electrons. The van der Waals surface area contributed by atoms with Gasteiger partial charge < -0.3 is 0 Å². The molecule has 0 bridgehead atoms. The van der Waals surface area contributed by atoms with E-state index in [0.29, 0.717) is 0 Å². The topological polar surface area (TPSA) is 17.1 Å². The van der Waals surface area contributed by atoms with Crippen LogP contribution in [0.2, 0.25) is 0 Å². The first-order valence-corrected chi connectivity index (χ1v) is 0.842. The SMILES string of the molecule is [BiH3].[NaH].[O]=[Ti]. The minimum atomic E-state index is 0. The Hall–Kier alpha value is 2.40. The van der Waals surface area contributed by atoms with Crippen LogP contribution in [0.4, 0.5) is 0 Å². The van der Waals surface area contributed by atoms with E-state index in [1.54, 1.807) is 0 Å². The maximum absolute atomic E-state index is 8.25. The van der Waals surface area contributed by atoms with Crippen LogP contribution in [0.5, 0.6) is 0 Å². The third-order valence-corrected chi connectivity index (χ3v) is 0. The van der Waals surface area contributed by atoms with E-state index in [1.807, 2.05) is 0 Å². The number of hydrogen-bond donors (Lipinski definition) is 0. The van der Waals surface area contributed by atoms with Crippen molar-refractivity contribution in [1.82, 2.24) is 0 Å². The molecule has 20 valence electrons. The molecule has 0 saturated carbocycles. The first-order valence-electron chi connectivity index (χ1n) is 0.204. The van der Waals surface area contributed by atoms with Gasteiger partial charge in [0.05, 0.1) is 0 Å². The first-order chi connectivity index (χ1) is 1.00. The molecular weight excluding hydrogens is 296 g/mol. The van der Waals surface area contributed by atoms with Gasteiger partial charge in [0.25, 0.3) is 0 Å². The van der Waals surface area contributed by atoms with E-state index in [4.69, 9.17) is 3.32 Å². The van der Waals surface area contributed by atoms with Gasteiger partial charge >= 0.3 is 79.5 Å². The van der Waals surface area contributed by atoms with Crippen LogP contribution in [0.15, 0.2) is 0 Å². The van der Waals surface area contributed by atoms with E-state index in [2.05, 4.69) is 0 Å². The molecule has 0 atom stereocenters. The molecule has 0 heterocycles. The van der Waals surface area contributed by atoms with Crippen molar-refractivity contribution in [3.8, 4) is 0 Å². The van der Waals surface area contributed by atoms with Crippen LogP contribution in [-0.4, -0.2) is 55.8 Å². The Morgan fingerprint density at radius 1 is 1.25 bits per heavy atom. The van der Waals surface area contributed by atoms with Crippen molar-refractivity contribution < 1.29 is 23.7 Å². The van der Waals surface area contributed by atoms with Gasteiger partial charge in [-0.15, -0.1) is 0 Å². The van der Waals surface area contributed by atoms with Gasteiger partial charge in [0, 0.05) is 0 Å². The van der Waals surface area contributed by atoms with Gasteiger partial charge in [0.1, 0.15) is 0 Å². The fourth-order valence-electron chi connectivity index (χ4n) is 0. The van der Waals surface area contributed by atoms with Crippen LogP contribution in [-0.2, 0) is 23.7 Å². The van der Waals surface area contributed by atoms with E-state index in [1.165, 1.54) is 0 Å². The summed E-state index contributed by atoms with van der Waals surface area (Å²) in [7, 11) is 0. The zero-order valence-electron chi connectivity index (χ0n) is 1.62. The summed E-state index contributed by atoms with van der Waals surface area (Å²) in [5.74, 6) is 0. The molecule has 0 aromatic carbocycles. The van der Waals surface area contributed by atoms with Gasteiger partial charge in [-0.2, -0.15) is 0 Å². The van der Waals surface area contributed by atoms with Crippen molar-refractivity contribution in [3.05, 3.63) is 0 Å². The summed E-state index contributed by atoms with van der Waals surface area (Å²) in [5.41, 5.74) is 0. The third kappa shape index (κ3) is 8.83. The molecule has 0 aliphatic rings. The third-order valence-electron chi connectivity index (χ3n) is 0. The Morgan fingerprint density at radius 3 is 1.25 bits per heavy atom. The van der Waals surface area contributed by atoms with Gasteiger partial charge in [-0.05, 0) is 0 Å². The average molecular weight is 300 g/mol. The van der Waals surface area contributed by atoms with Gasteiger partial charge in [-0.25, -0.2) is 0 Å². The Labute approximate surface area is 78.1 Å². The standard InChI is InChI=1S/Bi.Na.O.Ti.4H. The fourth-order valence-corrected chi connectivity index (χ4v) is 0. The minimum absolute atomic E-state index is 0. The van der Waals surface area contributed by atoms with E-state index < -0.39 is 0 Å². The van der Waals surface area contributed by atoms with Crippen LogP contribution >= 0.6 is 0 Å². The summed E-state index contributed by atoms with van der Waals surface area (Å²) in [6.07, 6.45) is 0. The van der Waals surface area contributed by atoms with Crippen molar-refractivity contribution in [1.29, 1.82) is 0 Å². The van der Waals surface area contributed by atoms with E-state index in [-0.39, 0.29) is 55.8 Å². The Balaban J connectivity index is -0.00000000500. The molecule has 0 aliphatic heterocycles. The zero-order chi connectivity index (χ0) is 2.00. The molecule has 4 heavy (non-hydrogen) atoms. The molecule has 4 heteroatoms. The molecule has 0 aliphatic carbocycles. The fraction of sp³-hybridized carbons (Fsp3) is 0. The predicted octanol–water partition coefficient (Wildman–Crippen LogP) is -1.95. The predicted molar refractivity (Wildman–Crippen MR) is 17.8 cm³/mol. The second-order valence-electron chi connectivity index (χ2n) is 0. The van der Waals surface area contributed by atoms with Gasteiger partial charge in [-0.3, -0.25) is 0 Å². The normalized spacial score (nSPS) is 0.750. The number of rotatable bonds is 0. The summed E-state index contributed by atoms with van der Waals surface area (Å²) in [6.45, 7) is 0. The molecule has 0 fully saturated rings. The average Bonchev–Trinajstić information content (AvgIpc) is 1.00. The van der Waals surface area contributed by atoms with E-state index >= 15 is 0 Å². The molecule has 0 unspecified atom stereocenters. The quantitative estimate of drug-likeness (QED) is 0.475. The molecular formula is H4BiNaOTi. The zero-order valence-corrected chi connectivity index (χ0v) is 8.67. The van der Waals surface area contributed by atoms with Crippen LogP contribution in [0, 0.1) is 0 Å². The molecule has 0 aromatic rings. The second kappa shape index (κ2) is 18.2. The first kappa shape index (κ1) is 16.1. The van der Waals surface area contributed by atoms with Crippen molar-refractivity contribution in [2.45, 2.75) is 0 Å². The molecule has 0 N–H and O–H groups in total. The molecule has 0 amide bonds. The van der Waals surface area contributed by atoms with E-state index in [0.717, 1.165) is 20.4 Å². The van der Waals surface area contributed by atoms with E-state index in [9.17, 15) is 0 Å². The van der Waals surface area contributed by atoms with Crippen molar-refractivity contribution in [2.75, 3.05) is 0 Å². The maximum atomic E-state index is 8.25. The van der Waals surface area contributed by atoms with Crippen molar-refractivity contribution in [2.24, 2.45) is 0 Å².